The Morgan fingerprint density at radius 1 is 1.23 bits per heavy atom. The predicted octanol–water partition coefficient (Wildman–Crippen LogP) is 2.48. The largest absolute Gasteiger partial charge is 0.353 e. The Morgan fingerprint density at radius 2 is 2.08 bits per heavy atom. The van der Waals surface area contributed by atoms with Crippen molar-refractivity contribution in [3.63, 3.8) is 0 Å². The molecule has 8 heteroatoms. The fourth-order valence-corrected chi connectivity index (χ4v) is 3.49. The van der Waals surface area contributed by atoms with Gasteiger partial charge in [-0.3, -0.25) is 4.79 Å². The van der Waals surface area contributed by atoms with Gasteiger partial charge >= 0.3 is 0 Å². The molecule has 1 atom stereocenters. The highest BCUT2D eigenvalue weighted by Crippen LogP contribution is 2.20. The standard InChI is InChI=1S/C18H19ClN6O/c1-12-21-22-16-8-9-17(23-25(12)16)24-10-4-5-13(11-24)20-18(26)14-6-2-3-7-15(14)19/h2-3,6-9,13H,4-5,10-11H2,1H3,(H,20,26). The van der Waals surface area contributed by atoms with Crippen LogP contribution in [0.2, 0.25) is 5.02 Å². The first-order valence-electron chi connectivity index (χ1n) is 8.61. The van der Waals surface area contributed by atoms with Gasteiger partial charge in [-0.2, -0.15) is 4.52 Å². The number of anilines is 1. The lowest BCUT2D eigenvalue weighted by molar-refractivity contribution is 0.0933. The highest BCUT2D eigenvalue weighted by atomic mass is 35.5. The first kappa shape index (κ1) is 16.8. The van der Waals surface area contributed by atoms with Crippen molar-refractivity contribution >= 4 is 29.0 Å². The number of rotatable bonds is 3. The number of halogens is 1. The number of amides is 1. The van der Waals surface area contributed by atoms with Gasteiger partial charge in [-0.05, 0) is 44.0 Å². The molecule has 0 saturated carbocycles. The molecule has 4 rings (SSSR count). The third-order valence-corrected chi connectivity index (χ3v) is 4.93. The van der Waals surface area contributed by atoms with Gasteiger partial charge in [0.1, 0.15) is 5.82 Å². The summed E-state index contributed by atoms with van der Waals surface area (Å²) in [6, 6.07) is 11.0. The van der Waals surface area contributed by atoms with E-state index < -0.39 is 0 Å². The summed E-state index contributed by atoms with van der Waals surface area (Å²) in [6.07, 6.45) is 1.91. The van der Waals surface area contributed by atoms with E-state index >= 15 is 0 Å². The summed E-state index contributed by atoms with van der Waals surface area (Å²) in [5.41, 5.74) is 1.23. The maximum Gasteiger partial charge on any atom is 0.253 e. The fraction of sp³-hybridized carbons (Fsp3) is 0.333. The van der Waals surface area contributed by atoms with Crippen molar-refractivity contribution in [2.24, 2.45) is 0 Å². The van der Waals surface area contributed by atoms with Crippen LogP contribution < -0.4 is 10.2 Å². The maximum atomic E-state index is 12.5. The Kier molecular flexibility index (Phi) is 4.46. The molecule has 26 heavy (non-hydrogen) atoms. The lowest BCUT2D eigenvalue weighted by Gasteiger charge is -2.33. The van der Waals surface area contributed by atoms with E-state index in [0.717, 1.165) is 36.7 Å². The molecule has 0 bridgehead atoms. The summed E-state index contributed by atoms with van der Waals surface area (Å²) in [6.45, 7) is 3.48. The van der Waals surface area contributed by atoms with Crippen LogP contribution in [0.15, 0.2) is 36.4 Å². The van der Waals surface area contributed by atoms with Crippen LogP contribution in [-0.4, -0.2) is 44.8 Å². The van der Waals surface area contributed by atoms with Crippen molar-refractivity contribution in [2.75, 3.05) is 18.0 Å². The van der Waals surface area contributed by atoms with Crippen molar-refractivity contribution in [3.8, 4) is 0 Å². The first-order valence-corrected chi connectivity index (χ1v) is 8.99. The van der Waals surface area contributed by atoms with Crippen LogP contribution in [0.3, 0.4) is 0 Å². The van der Waals surface area contributed by atoms with E-state index in [1.54, 1.807) is 16.6 Å². The minimum absolute atomic E-state index is 0.0482. The van der Waals surface area contributed by atoms with E-state index in [1.807, 2.05) is 31.2 Å². The Morgan fingerprint density at radius 3 is 2.92 bits per heavy atom. The lowest BCUT2D eigenvalue weighted by atomic mass is 10.0. The number of aryl methyl sites for hydroxylation is 1. The lowest BCUT2D eigenvalue weighted by Crippen LogP contribution is -2.48. The Balaban J connectivity index is 1.49. The Hall–Kier alpha value is -2.67. The summed E-state index contributed by atoms with van der Waals surface area (Å²) in [4.78, 5) is 14.7. The average Bonchev–Trinajstić information content (AvgIpc) is 3.03. The number of nitrogens with zero attached hydrogens (tertiary/aromatic N) is 5. The summed E-state index contributed by atoms with van der Waals surface area (Å²) >= 11 is 6.13. The van der Waals surface area contributed by atoms with Gasteiger partial charge in [0.05, 0.1) is 10.6 Å². The van der Waals surface area contributed by atoms with Crippen LogP contribution in [0.4, 0.5) is 5.82 Å². The Bertz CT molecular complexity index is 956. The normalized spacial score (nSPS) is 17.5. The molecule has 3 heterocycles. The minimum Gasteiger partial charge on any atom is -0.353 e. The van der Waals surface area contributed by atoms with Crippen molar-refractivity contribution in [3.05, 3.63) is 52.8 Å². The van der Waals surface area contributed by atoms with Crippen LogP contribution in [0, 0.1) is 6.92 Å². The van der Waals surface area contributed by atoms with Gasteiger partial charge in [0.2, 0.25) is 0 Å². The summed E-state index contributed by atoms with van der Waals surface area (Å²) in [7, 11) is 0. The number of hydrogen-bond donors (Lipinski definition) is 1. The van der Waals surface area contributed by atoms with Crippen molar-refractivity contribution < 1.29 is 4.79 Å². The summed E-state index contributed by atoms with van der Waals surface area (Å²) < 4.78 is 1.74. The molecule has 1 fully saturated rings. The zero-order valence-electron chi connectivity index (χ0n) is 14.4. The molecular formula is C18H19ClN6O. The SMILES string of the molecule is Cc1nnc2ccc(N3CCCC(NC(=O)c4ccccc4Cl)C3)nn12. The molecule has 0 radical (unpaired) electrons. The second kappa shape index (κ2) is 6.92. The maximum absolute atomic E-state index is 12.5. The molecular weight excluding hydrogens is 352 g/mol. The van der Waals surface area contributed by atoms with Crippen LogP contribution in [0.25, 0.3) is 5.65 Å². The zero-order valence-corrected chi connectivity index (χ0v) is 15.1. The van der Waals surface area contributed by atoms with E-state index in [4.69, 9.17) is 11.6 Å². The molecule has 1 amide bonds. The number of hydrogen-bond acceptors (Lipinski definition) is 5. The van der Waals surface area contributed by atoms with Crippen molar-refractivity contribution in [1.29, 1.82) is 0 Å². The van der Waals surface area contributed by atoms with E-state index in [0.29, 0.717) is 17.1 Å². The number of benzene rings is 1. The molecule has 0 aliphatic carbocycles. The zero-order chi connectivity index (χ0) is 18.1. The number of fused-ring (bicyclic) bond motifs is 1. The number of aromatic nitrogens is 4. The van der Waals surface area contributed by atoms with E-state index in [-0.39, 0.29) is 11.9 Å². The van der Waals surface area contributed by atoms with Crippen LogP contribution >= 0.6 is 11.6 Å². The van der Waals surface area contributed by atoms with Crippen molar-refractivity contribution in [2.45, 2.75) is 25.8 Å². The van der Waals surface area contributed by atoms with Gasteiger partial charge in [0.15, 0.2) is 11.5 Å². The highest BCUT2D eigenvalue weighted by Gasteiger charge is 2.24. The molecule has 7 nitrogen and oxygen atoms in total. The molecule has 1 aromatic carbocycles. The molecule has 0 spiro atoms. The molecule has 1 aliphatic rings. The van der Waals surface area contributed by atoms with Crippen LogP contribution in [-0.2, 0) is 0 Å². The summed E-state index contributed by atoms with van der Waals surface area (Å²) in [5, 5.41) is 16.3. The number of nitrogens with one attached hydrogen (secondary N) is 1. The van der Waals surface area contributed by atoms with E-state index in [1.165, 1.54) is 0 Å². The molecule has 1 aliphatic heterocycles. The predicted molar refractivity (Wildman–Crippen MR) is 99.7 cm³/mol. The minimum atomic E-state index is -0.138. The molecule has 134 valence electrons. The van der Waals surface area contributed by atoms with E-state index in [9.17, 15) is 4.79 Å². The fourth-order valence-electron chi connectivity index (χ4n) is 3.27. The smallest absolute Gasteiger partial charge is 0.253 e. The average molecular weight is 371 g/mol. The van der Waals surface area contributed by atoms with Gasteiger partial charge in [-0.1, -0.05) is 23.7 Å². The second-order valence-corrected chi connectivity index (χ2v) is 6.85. The van der Waals surface area contributed by atoms with Gasteiger partial charge in [-0.15, -0.1) is 15.3 Å². The molecule has 2 aromatic heterocycles. The molecule has 1 unspecified atom stereocenters. The van der Waals surface area contributed by atoms with Crippen molar-refractivity contribution in [1.82, 2.24) is 25.1 Å². The third kappa shape index (κ3) is 3.22. The van der Waals surface area contributed by atoms with E-state index in [2.05, 4.69) is 25.5 Å². The summed E-state index contributed by atoms with van der Waals surface area (Å²) in [5.74, 6) is 1.47. The van der Waals surface area contributed by atoms with Gasteiger partial charge in [0.25, 0.3) is 5.91 Å². The van der Waals surface area contributed by atoms with Gasteiger partial charge < -0.3 is 10.2 Å². The highest BCUT2D eigenvalue weighted by molar-refractivity contribution is 6.33. The van der Waals surface area contributed by atoms with Crippen LogP contribution in [0.1, 0.15) is 29.0 Å². The quantitative estimate of drug-likeness (QED) is 0.766. The monoisotopic (exact) mass is 370 g/mol. The molecule has 1 saturated heterocycles. The molecule has 3 aromatic rings. The van der Waals surface area contributed by atoms with Gasteiger partial charge in [0, 0.05) is 19.1 Å². The number of carbonyl (C=O) groups excluding carboxylic acids is 1. The second-order valence-electron chi connectivity index (χ2n) is 6.45. The third-order valence-electron chi connectivity index (χ3n) is 4.60. The number of piperidine rings is 1. The van der Waals surface area contributed by atoms with Crippen LogP contribution in [0.5, 0.6) is 0 Å². The Labute approximate surface area is 156 Å². The number of carbonyl (C=O) groups is 1. The topological polar surface area (TPSA) is 75.4 Å². The molecule has 1 N–H and O–H groups in total. The van der Waals surface area contributed by atoms with Gasteiger partial charge in [-0.25, -0.2) is 0 Å². The first-order chi connectivity index (χ1) is 12.6.